The van der Waals surface area contributed by atoms with Crippen LogP contribution in [0.1, 0.15) is 16.7 Å². The van der Waals surface area contributed by atoms with Gasteiger partial charge in [0.25, 0.3) is 5.69 Å². The van der Waals surface area contributed by atoms with Gasteiger partial charge in [-0.05, 0) is 43.5 Å². The van der Waals surface area contributed by atoms with Gasteiger partial charge in [-0.3, -0.25) is 19.2 Å². The van der Waals surface area contributed by atoms with Crippen molar-refractivity contribution in [1.29, 1.82) is 0 Å². The van der Waals surface area contributed by atoms with Crippen molar-refractivity contribution in [1.82, 2.24) is 0 Å². The summed E-state index contributed by atoms with van der Waals surface area (Å²) in [5.41, 5.74) is 2.73. The number of non-ortho nitro benzene ring substituents is 1. The van der Waals surface area contributed by atoms with Crippen LogP contribution in [-0.4, -0.2) is 32.0 Å². The van der Waals surface area contributed by atoms with E-state index in [0.29, 0.717) is 16.8 Å². The number of carbonyl (C=O) groups is 1. The highest BCUT2D eigenvalue weighted by Crippen LogP contribution is 2.25. The number of nitro groups is 1. The summed E-state index contributed by atoms with van der Waals surface area (Å²) in [7, 11) is -3.71. The van der Waals surface area contributed by atoms with Crippen molar-refractivity contribution in [2.75, 3.05) is 22.4 Å². The van der Waals surface area contributed by atoms with Gasteiger partial charge < -0.3 is 5.32 Å². The molecule has 1 N–H and O–H groups in total. The van der Waals surface area contributed by atoms with Crippen LogP contribution in [0.25, 0.3) is 0 Å². The van der Waals surface area contributed by atoms with E-state index in [-0.39, 0.29) is 11.4 Å². The molecule has 0 fully saturated rings. The van der Waals surface area contributed by atoms with Gasteiger partial charge in [-0.2, -0.15) is 0 Å². The zero-order valence-electron chi connectivity index (χ0n) is 15.5. The van der Waals surface area contributed by atoms with Gasteiger partial charge in [0, 0.05) is 12.1 Å². The highest BCUT2D eigenvalue weighted by Gasteiger charge is 2.23. The van der Waals surface area contributed by atoms with Crippen LogP contribution in [0.2, 0.25) is 0 Å². The number of benzene rings is 2. The normalized spacial score (nSPS) is 11.1. The molecule has 27 heavy (non-hydrogen) atoms. The fraction of sp³-hybridized carbons (Fsp3) is 0.278. The van der Waals surface area contributed by atoms with Crippen molar-refractivity contribution in [3.63, 3.8) is 0 Å². The maximum atomic E-state index is 12.5. The quantitative estimate of drug-likeness (QED) is 0.601. The number of nitrogens with one attached hydrogen (secondary N) is 1. The summed E-state index contributed by atoms with van der Waals surface area (Å²) in [6.45, 7) is 4.84. The van der Waals surface area contributed by atoms with Crippen LogP contribution in [0.4, 0.5) is 17.1 Å². The highest BCUT2D eigenvalue weighted by atomic mass is 32.2. The number of hydrogen-bond acceptors (Lipinski definition) is 5. The van der Waals surface area contributed by atoms with E-state index < -0.39 is 27.4 Å². The van der Waals surface area contributed by atoms with E-state index in [1.54, 1.807) is 26.0 Å². The smallest absolute Gasteiger partial charge is 0.271 e. The molecule has 0 aliphatic rings. The second-order valence-electron chi connectivity index (χ2n) is 6.36. The molecule has 0 saturated heterocycles. The number of sulfonamides is 1. The number of nitrogens with zero attached hydrogens (tertiary/aromatic N) is 2. The van der Waals surface area contributed by atoms with Crippen LogP contribution in [0.15, 0.2) is 36.4 Å². The van der Waals surface area contributed by atoms with Gasteiger partial charge in [-0.1, -0.05) is 18.2 Å². The van der Waals surface area contributed by atoms with Crippen molar-refractivity contribution < 1.29 is 18.1 Å². The maximum absolute atomic E-state index is 12.5. The highest BCUT2D eigenvalue weighted by molar-refractivity contribution is 7.92. The Hall–Kier alpha value is -2.94. The average molecular weight is 391 g/mol. The number of hydrogen-bond donors (Lipinski definition) is 1. The lowest BCUT2D eigenvalue weighted by atomic mass is 10.1. The molecular weight excluding hydrogens is 370 g/mol. The topological polar surface area (TPSA) is 110 Å². The first-order chi connectivity index (χ1) is 12.5. The third kappa shape index (κ3) is 5.04. The van der Waals surface area contributed by atoms with Gasteiger partial charge in [0.2, 0.25) is 15.9 Å². The molecule has 0 aliphatic heterocycles. The van der Waals surface area contributed by atoms with Gasteiger partial charge in [0.05, 0.1) is 22.6 Å². The maximum Gasteiger partial charge on any atom is 0.271 e. The van der Waals surface area contributed by atoms with E-state index >= 15 is 0 Å². The fourth-order valence-corrected chi connectivity index (χ4v) is 3.45. The number of rotatable bonds is 6. The lowest BCUT2D eigenvalue weighted by Gasteiger charge is -2.24. The third-order valence-corrected chi connectivity index (χ3v) is 5.15. The molecule has 0 spiro atoms. The van der Waals surface area contributed by atoms with E-state index in [2.05, 4.69) is 5.32 Å². The van der Waals surface area contributed by atoms with Crippen LogP contribution in [0, 0.1) is 30.9 Å². The third-order valence-electron chi connectivity index (χ3n) is 4.03. The van der Waals surface area contributed by atoms with Gasteiger partial charge in [-0.15, -0.1) is 0 Å². The second kappa shape index (κ2) is 7.75. The molecule has 2 rings (SSSR count). The lowest BCUT2D eigenvalue weighted by molar-refractivity contribution is -0.384. The van der Waals surface area contributed by atoms with Gasteiger partial charge >= 0.3 is 0 Å². The minimum Gasteiger partial charge on any atom is -0.324 e. The van der Waals surface area contributed by atoms with Crippen LogP contribution in [-0.2, 0) is 14.8 Å². The summed E-state index contributed by atoms with van der Waals surface area (Å²) in [6, 6.07) is 9.44. The summed E-state index contributed by atoms with van der Waals surface area (Å²) < 4.78 is 25.5. The first-order valence-corrected chi connectivity index (χ1v) is 9.93. The van der Waals surface area contributed by atoms with E-state index in [1.807, 2.05) is 13.0 Å². The van der Waals surface area contributed by atoms with Crippen LogP contribution in [0.3, 0.4) is 0 Å². The SMILES string of the molecule is Cc1ccc(C)c(N(CC(=O)Nc2cc([N+](=O)[O-])ccc2C)S(C)(=O)=O)c1. The number of amides is 1. The molecule has 2 aromatic carbocycles. The first kappa shape index (κ1) is 20.4. The molecule has 0 unspecified atom stereocenters. The Balaban J connectivity index is 2.32. The minimum absolute atomic E-state index is 0.162. The lowest BCUT2D eigenvalue weighted by Crippen LogP contribution is -2.38. The predicted octanol–water partition coefficient (Wildman–Crippen LogP) is 2.92. The first-order valence-electron chi connectivity index (χ1n) is 8.09. The number of nitro benzene ring substituents is 1. The zero-order valence-corrected chi connectivity index (χ0v) is 16.3. The summed E-state index contributed by atoms with van der Waals surface area (Å²) in [4.78, 5) is 22.8. The number of anilines is 2. The van der Waals surface area contributed by atoms with E-state index in [0.717, 1.165) is 16.1 Å². The van der Waals surface area contributed by atoms with Crippen molar-refractivity contribution in [3.8, 4) is 0 Å². The van der Waals surface area contributed by atoms with Gasteiger partial charge in [0.1, 0.15) is 6.54 Å². The van der Waals surface area contributed by atoms with Crippen molar-refractivity contribution in [2.45, 2.75) is 20.8 Å². The molecule has 0 aliphatic carbocycles. The molecule has 8 nitrogen and oxygen atoms in total. The molecule has 0 heterocycles. The van der Waals surface area contributed by atoms with Crippen molar-refractivity contribution >= 4 is 33.0 Å². The van der Waals surface area contributed by atoms with E-state index in [9.17, 15) is 23.3 Å². The number of carbonyl (C=O) groups excluding carboxylic acids is 1. The van der Waals surface area contributed by atoms with Crippen molar-refractivity contribution in [3.05, 3.63) is 63.2 Å². The standard InChI is InChI=1S/C18H21N3O5S/c1-12-5-6-14(3)17(9-12)20(27(4,25)26)11-18(22)19-16-10-15(21(23)24)8-7-13(16)2/h5-10H,11H2,1-4H3,(H,19,22). The Morgan fingerprint density at radius 2 is 1.74 bits per heavy atom. The average Bonchev–Trinajstić information content (AvgIpc) is 2.56. The molecule has 0 saturated carbocycles. The number of aryl methyl sites for hydroxylation is 3. The Morgan fingerprint density at radius 1 is 1.11 bits per heavy atom. The monoisotopic (exact) mass is 391 g/mol. The summed E-state index contributed by atoms with van der Waals surface area (Å²) in [5.74, 6) is -0.593. The Bertz CT molecular complexity index is 1000. The Labute approximate surface area is 158 Å². The summed E-state index contributed by atoms with van der Waals surface area (Å²) in [5, 5.41) is 13.5. The van der Waals surface area contributed by atoms with E-state index in [4.69, 9.17) is 0 Å². The molecular formula is C18H21N3O5S. The summed E-state index contributed by atoms with van der Waals surface area (Å²) >= 11 is 0. The Kier molecular flexibility index (Phi) is 5.85. The molecule has 0 atom stereocenters. The summed E-state index contributed by atoms with van der Waals surface area (Å²) in [6.07, 6.45) is 1.03. The largest absolute Gasteiger partial charge is 0.324 e. The molecule has 144 valence electrons. The molecule has 0 radical (unpaired) electrons. The molecule has 0 aromatic heterocycles. The van der Waals surface area contributed by atoms with Crippen LogP contribution < -0.4 is 9.62 Å². The van der Waals surface area contributed by atoms with Crippen molar-refractivity contribution in [2.24, 2.45) is 0 Å². The van der Waals surface area contributed by atoms with Gasteiger partial charge in [-0.25, -0.2) is 8.42 Å². The zero-order chi connectivity index (χ0) is 20.4. The van der Waals surface area contributed by atoms with Gasteiger partial charge in [0.15, 0.2) is 0 Å². The minimum atomic E-state index is -3.71. The van der Waals surface area contributed by atoms with Crippen LogP contribution >= 0.6 is 0 Å². The van der Waals surface area contributed by atoms with Crippen LogP contribution in [0.5, 0.6) is 0 Å². The Morgan fingerprint density at radius 3 is 2.33 bits per heavy atom. The molecule has 0 bridgehead atoms. The molecule has 1 amide bonds. The molecule has 9 heteroatoms. The molecule has 2 aromatic rings. The second-order valence-corrected chi connectivity index (χ2v) is 8.27. The fourth-order valence-electron chi connectivity index (χ4n) is 2.55. The van der Waals surface area contributed by atoms with E-state index in [1.165, 1.54) is 18.2 Å². The predicted molar refractivity (Wildman–Crippen MR) is 105 cm³/mol.